The number of hydrogen-bond acceptors (Lipinski definition) is 1. The van der Waals surface area contributed by atoms with Gasteiger partial charge in [0.15, 0.2) is 0 Å². The van der Waals surface area contributed by atoms with Crippen LogP contribution in [0.15, 0.2) is 60.7 Å². The first-order valence-corrected chi connectivity index (χ1v) is 6.64. The maximum Gasteiger partial charge on any atom is 0.150 e. The summed E-state index contributed by atoms with van der Waals surface area (Å²) >= 11 is 0. The van der Waals surface area contributed by atoms with Crippen molar-refractivity contribution in [3.8, 4) is 0 Å². The molecule has 0 saturated heterocycles. The van der Waals surface area contributed by atoms with Crippen molar-refractivity contribution in [1.82, 2.24) is 0 Å². The lowest BCUT2D eigenvalue weighted by Gasteiger charge is -2.25. The van der Waals surface area contributed by atoms with Gasteiger partial charge in [-0.2, -0.15) is 0 Å². The summed E-state index contributed by atoms with van der Waals surface area (Å²) in [6.45, 7) is 5.94. The zero-order valence-corrected chi connectivity index (χ0v) is 11.8. The molecular weight excluding hydrogens is 232 g/mol. The van der Waals surface area contributed by atoms with Crippen molar-refractivity contribution in [3.05, 3.63) is 71.8 Å². The van der Waals surface area contributed by atoms with Crippen LogP contribution in [0, 0.1) is 5.41 Å². The van der Waals surface area contributed by atoms with E-state index in [9.17, 15) is 4.79 Å². The summed E-state index contributed by atoms with van der Waals surface area (Å²) in [5, 5.41) is 0. The van der Waals surface area contributed by atoms with E-state index in [1.165, 1.54) is 0 Å². The van der Waals surface area contributed by atoms with Crippen LogP contribution in [-0.2, 0) is 4.79 Å². The molecule has 0 heterocycles. The Labute approximate surface area is 115 Å². The van der Waals surface area contributed by atoms with Crippen molar-refractivity contribution in [2.75, 3.05) is 0 Å². The van der Waals surface area contributed by atoms with Crippen molar-refractivity contribution < 1.29 is 4.79 Å². The second kappa shape index (κ2) is 5.40. The fourth-order valence-corrected chi connectivity index (χ4v) is 2.22. The standard InChI is InChI=1S/C18H20O/c1-18(2,3)17(19)16(14-10-6-4-7-11-14)15-12-8-5-9-13-15/h4-13,16H,1-3H3. The van der Waals surface area contributed by atoms with Crippen molar-refractivity contribution in [2.24, 2.45) is 5.41 Å². The van der Waals surface area contributed by atoms with Crippen LogP contribution < -0.4 is 0 Å². The molecular formula is C18H20O. The summed E-state index contributed by atoms with van der Waals surface area (Å²) in [6.07, 6.45) is 0. The summed E-state index contributed by atoms with van der Waals surface area (Å²) < 4.78 is 0. The van der Waals surface area contributed by atoms with Crippen molar-refractivity contribution in [1.29, 1.82) is 0 Å². The predicted octanol–water partition coefficient (Wildman–Crippen LogP) is 4.43. The third-order valence-electron chi connectivity index (χ3n) is 3.27. The van der Waals surface area contributed by atoms with Crippen LogP contribution in [0.1, 0.15) is 37.8 Å². The fourth-order valence-electron chi connectivity index (χ4n) is 2.22. The fraction of sp³-hybridized carbons (Fsp3) is 0.278. The van der Waals surface area contributed by atoms with E-state index in [-0.39, 0.29) is 17.1 Å². The highest BCUT2D eigenvalue weighted by Crippen LogP contribution is 2.32. The monoisotopic (exact) mass is 252 g/mol. The predicted molar refractivity (Wildman–Crippen MR) is 79.2 cm³/mol. The Morgan fingerprint density at radius 1 is 0.789 bits per heavy atom. The number of hydrogen-bond donors (Lipinski definition) is 0. The van der Waals surface area contributed by atoms with Crippen LogP contribution in [0.3, 0.4) is 0 Å². The maximum atomic E-state index is 12.8. The number of ketones is 1. The number of carbonyl (C=O) groups is 1. The maximum absolute atomic E-state index is 12.8. The van der Waals surface area contributed by atoms with Gasteiger partial charge in [-0.25, -0.2) is 0 Å². The smallest absolute Gasteiger partial charge is 0.150 e. The normalized spacial score (nSPS) is 11.6. The largest absolute Gasteiger partial charge is 0.298 e. The first-order valence-electron chi connectivity index (χ1n) is 6.64. The second-order valence-corrected chi connectivity index (χ2v) is 5.87. The van der Waals surface area contributed by atoms with Crippen LogP contribution in [0.4, 0.5) is 0 Å². The van der Waals surface area contributed by atoms with Gasteiger partial charge in [-0.1, -0.05) is 81.4 Å². The van der Waals surface area contributed by atoms with Crippen LogP contribution in [0.2, 0.25) is 0 Å². The number of benzene rings is 2. The zero-order chi connectivity index (χ0) is 13.9. The molecule has 1 nitrogen and oxygen atoms in total. The van der Waals surface area contributed by atoms with Gasteiger partial charge in [-0.15, -0.1) is 0 Å². The van der Waals surface area contributed by atoms with E-state index in [0.717, 1.165) is 11.1 Å². The summed E-state index contributed by atoms with van der Waals surface area (Å²) in [5.74, 6) is 0.0762. The molecule has 1 heteroatoms. The van der Waals surface area contributed by atoms with E-state index in [4.69, 9.17) is 0 Å². The Morgan fingerprint density at radius 2 is 1.16 bits per heavy atom. The van der Waals surface area contributed by atoms with Gasteiger partial charge >= 0.3 is 0 Å². The molecule has 2 aromatic carbocycles. The molecule has 0 aromatic heterocycles. The molecule has 0 saturated carbocycles. The third kappa shape index (κ3) is 3.11. The zero-order valence-electron chi connectivity index (χ0n) is 11.8. The van der Waals surface area contributed by atoms with E-state index in [1.54, 1.807) is 0 Å². The van der Waals surface area contributed by atoms with Gasteiger partial charge in [0.2, 0.25) is 0 Å². The Kier molecular flexibility index (Phi) is 3.84. The Morgan fingerprint density at radius 3 is 1.47 bits per heavy atom. The molecule has 0 fully saturated rings. The molecule has 0 spiro atoms. The van der Waals surface area contributed by atoms with Crippen molar-refractivity contribution in [2.45, 2.75) is 26.7 Å². The second-order valence-electron chi connectivity index (χ2n) is 5.87. The van der Waals surface area contributed by atoms with Crippen LogP contribution >= 0.6 is 0 Å². The number of Topliss-reactive ketones (excluding diaryl/α,β-unsaturated/α-hetero) is 1. The van der Waals surface area contributed by atoms with Crippen LogP contribution in [0.25, 0.3) is 0 Å². The molecule has 0 atom stereocenters. The first-order chi connectivity index (χ1) is 9.00. The minimum Gasteiger partial charge on any atom is -0.298 e. The molecule has 0 amide bonds. The van der Waals surface area contributed by atoms with Gasteiger partial charge in [-0.05, 0) is 11.1 Å². The number of carbonyl (C=O) groups excluding carboxylic acids is 1. The summed E-state index contributed by atoms with van der Waals surface area (Å²) in [7, 11) is 0. The average molecular weight is 252 g/mol. The van der Waals surface area contributed by atoms with Gasteiger partial charge in [0, 0.05) is 5.41 Å². The van der Waals surface area contributed by atoms with Gasteiger partial charge in [0.05, 0.1) is 5.92 Å². The molecule has 19 heavy (non-hydrogen) atoms. The average Bonchev–Trinajstić information content (AvgIpc) is 2.40. The van der Waals surface area contributed by atoms with E-state index in [1.807, 2.05) is 81.4 Å². The van der Waals surface area contributed by atoms with Crippen LogP contribution in [0.5, 0.6) is 0 Å². The quantitative estimate of drug-likeness (QED) is 0.789. The lowest BCUT2D eigenvalue weighted by molar-refractivity contribution is -0.126. The van der Waals surface area contributed by atoms with Gasteiger partial charge in [-0.3, -0.25) is 4.79 Å². The SMILES string of the molecule is CC(C)(C)C(=O)C(c1ccccc1)c1ccccc1. The minimum atomic E-state index is -0.351. The minimum absolute atomic E-state index is 0.178. The van der Waals surface area contributed by atoms with Crippen molar-refractivity contribution in [3.63, 3.8) is 0 Å². The highest BCUT2D eigenvalue weighted by molar-refractivity contribution is 5.93. The first kappa shape index (κ1) is 13.5. The molecule has 2 aromatic rings. The molecule has 0 bridgehead atoms. The van der Waals surface area contributed by atoms with E-state index in [0.29, 0.717) is 0 Å². The molecule has 0 aliphatic heterocycles. The molecule has 0 unspecified atom stereocenters. The Balaban J connectivity index is 2.49. The van der Waals surface area contributed by atoms with E-state index < -0.39 is 0 Å². The highest BCUT2D eigenvalue weighted by Gasteiger charge is 2.31. The van der Waals surface area contributed by atoms with Crippen LogP contribution in [-0.4, -0.2) is 5.78 Å². The lowest BCUT2D eigenvalue weighted by atomic mass is 9.77. The van der Waals surface area contributed by atoms with Gasteiger partial charge < -0.3 is 0 Å². The van der Waals surface area contributed by atoms with Gasteiger partial charge in [0.1, 0.15) is 5.78 Å². The molecule has 0 aliphatic carbocycles. The van der Waals surface area contributed by atoms with Crippen molar-refractivity contribution >= 4 is 5.78 Å². The topological polar surface area (TPSA) is 17.1 Å². The molecule has 0 N–H and O–H groups in total. The van der Waals surface area contributed by atoms with E-state index >= 15 is 0 Å². The van der Waals surface area contributed by atoms with E-state index in [2.05, 4.69) is 0 Å². The van der Waals surface area contributed by atoms with Gasteiger partial charge in [0.25, 0.3) is 0 Å². The summed E-state index contributed by atoms with van der Waals surface area (Å²) in [4.78, 5) is 12.8. The Hall–Kier alpha value is -1.89. The molecule has 98 valence electrons. The molecule has 0 aliphatic rings. The summed E-state index contributed by atoms with van der Waals surface area (Å²) in [6, 6.07) is 20.0. The summed E-state index contributed by atoms with van der Waals surface area (Å²) in [5.41, 5.74) is 1.78. The third-order valence-corrected chi connectivity index (χ3v) is 3.27. The lowest BCUT2D eigenvalue weighted by Crippen LogP contribution is -2.27. The number of rotatable bonds is 3. The molecule has 0 radical (unpaired) electrons. The Bertz CT molecular complexity index is 495. The highest BCUT2D eigenvalue weighted by atomic mass is 16.1. The molecule has 2 rings (SSSR count).